The number of nitrogens with zero attached hydrogens (tertiary/aromatic N) is 5. The van der Waals surface area contributed by atoms with Crippen molar-refractivity contribution in [2.45, 2.75) is 36.7 Å². The van der Waals surface area contributed by atoms with Crippen molar-refractivity contribution >= 4 is 23.3 Å². The highest BCUT2D eigenvalue weighted by atomic mass is 32.2. The fourth-order valence-electron chi connectivity index (χ4n) is 2.96. The topological polar surface area (TPSA) is 56.1 Å². The molecule has 0 N–H and O–H groups in total. The van der Waals surface area contributed by atoms with E-state index in [1.165, 1.54) is 5.56 Å². The molecule has 0 saturated carbocycles. The average Bonchev–Trinajstić information content (AvgIpc) is 3.07. The molecule has 0 aliphatic carbocycles. The predicted molar refractivity (Wildman–Crippen MR) is 97.2 cm³/mol. The number of benzene rings is 1. The Kier molecular flexibility index (Phi) is 4.19. The van der Waals surface area contributed by atoms with Gasteiger partial charge in [0.25, 0.3) is 0 Å². The summed E-state index contributed by atoms with van der Waals surface area (Å²) in [6.07, 6.45) is 6.57. The van der Waals surface area contributed by atoms with Gasteiger partial charge in [-0.2, -0.15) is 5.06 Å². The van der Waals surface area contributed by atoms with Crippen LogP contribution >= 0.6 is 11.8 Å². The van der Waals surface area contributed by atoms with E-state index >= 15 is 0 Å². The fourth-order valence-corrected chi connectivity index (χ4v) is 3.88. The van der Waals surface area contributed by atoms with Gasteiger partial charge in [-0.05, 0) is 24.6 Å². The van der Waals surface area contributed by atoms with Crippen LogP contribution in [0.5, 0.6) is 0 Å². The second-order valence-electron chi connectivity index (χ2n) is 5.85. The van der Waals surface area contributed by atoms with Crippen molar-refractivity contribution in [3.8, 4) is 0 Å². The highest BCUT2D eigenvalue weighted by Crippen LogP contribution is 2.46. The van der Waals surface area contributed by atoms with Crippen molar-refractivity contribution in [1.29, 1.82) is 0 Å². The molecule has 0 amide bonds. The number of hydrogen-bond acceptors (Lipinski definition) is 6. The van der Waals surface area contributed by atoms with E-state index in [0.29, 0.717) is 0 Å². The Hall–Kier alpha value is -2.38. The Morgan fingerprint density at radius 1 is 1.24 bits per heavy atom. The molecule has 1 aliphatic heterocycles. The summed E-state index contributed by atoms with van der Waals surface area (Å²) in [5.41, 5.74) is 3.06. The number of aromatic nitrogens is 4. The molecule has 0 saturated heterocycles. The molecule has 1 aromatic carbocycles. The molecule has 3 heterocycles. The minimum atomic E-state index is 0.744. The quantitative estimate of drug-likeness (QED) is 0.712. The molecular formula is C18H19N5OS. The van der Waals surface area contributed by atoms with Gasteiger partial charge in [-0.15, -0.1) is 0 Å². The highest BCUT2D eigenvalue weighted by molar-refractivity contribution is 7.99. The van der Waals surface area contributed by atoms with E-state index in [4.69, 9.17) is 4.84 Å². The summed E-state index contributed by atoms with van der Waals surface area (Å²) in [6.45, 7) is 4.83. The Balaban J connectivity index is 1.72. The van der Waals surface area contributed by atoms with Crippen molar-refractivity contribution in [2.24, 2.45) is 0 Å². The first-order valence-corrected chi connectivity index (χ1v) is 9.00. The smallest absolute Gasteiger partial charge is 0.191 e. The summed E-state index contributed by atoms with van der Waals surface area (Å²) in [4.78, 5) is 20.2. The molecule has 7 heteroatoms. The molecule has 0 spiro atoms. The fraction of sp³-hybridized carbons (Fsp3) is 0.278. The van der Waals surface area contributed by atoms with E-state index in [9.17, 15) is 0 Å². The van der Waals surface area contributed by atoms with Crippen molar-refractivity contribution in [3.05, 3.63) is 53.9 Å². The van der Waals surface area contributed by atoms with E-state index < -0.39 is 0 Å². The lowest BCUT2D eigenvalue weighted by Gasteiger charge is -2.29. The zero-order valence-electron chi connectivity index (χ0n) is 14.4. The van der Waals surface area contributed by atoms with Crippen molar-refractivity contribution in [2.75, 3.05) is 12.2 Å². The summed E-state index contributed by atoms with van der Waals surface area (Å²) in [5, 5.41) is 2.62. The Bertz CT molecular complexity index is 924. The summed E-state index contributed by atoms with van der Waals surface area (Å²) in [6, 6.07) is 6.42. The van der Waals surface area contributed by atoms with Crippen LogP contribution in [0.1, 0.15) is 24.0 Å². The number of aryl methyl sites for hydroxylation is 2. The standard InChI is InChI=1S/C18H19N5OS/c1-4-16-19-7-8-22(16)11-13-5-6-15-14(9-13)23(24-3)17-18(25-15)20-10-12(2)21-17/h5-10H,4,11H2,1-3H3. The maximum atomic E-state index is 5.63. The average molecular weight is 353 g/mol. The third-order valence-electron chi connectivity index (χ3n) is 4.14. The second kappa shape index (κ2) is 6.50. The summed E-state index contributed by atoms with van der Waals surface area (Å²) < 4.78 is 2.17. The maximum absolute atomic E-state index is 5.63. The molecule has 0 atom stereocenters. The van der Waals surface area contributed by atoms with Gasteiger partial charge in [-0.1, -0.05) is 24.8 Å². The van der Waals surface area contributed by atoms with Crippen molar-refractivity contribution < 1.29 is 4.84 Å². The number of rotatable bonds is 4. The molecule has 0 radical (unpaired) electrons. The molecule has 2 aromatic heterocycles. The number of fused-ring (bicyclic) bond motifs is 2. The van der Waals surface area contributed by atoms with Gasteiger partial charge in [-0.25, -0.2) is 15.0 Å². The first kappa shape index (κ1) is 16.1. The second-order valence-corrected chi connectivity index (χ2v) is 6.88. The van der Waals surface area contributed by atoms with Gasteiger partial charge in [0.2, 0.25) is 0 Å². The monoisotopic (exact) mass is 353 g/mol. The van der Waals surface area contributed by atoms with E-state index in [2.05, 4.69) is 44.6 Å². The van der Waals surface area contributed by atoms with Crippen molar-refractivity contribution in [3.63, 3.8) is 0 Å². The molecule has 3 aromatic rings. The predicted octanol–water partition coefficient (Wildman–Crippen LogP) is 3.76. The third-order valence-corrected chi connectivity index (χ3v) is 5.18. The molecule has 1 aliphatic rings. The molecular weight excluding hydrogens is 334 g/mol. The van der Waals surface area contributed by atoms with Crippen LogP contribution in [-0.4, -0.2) is 26.6 Å². The van der Waals surface area contributed by atoms with Crippen LogP contribution in [0, 0.1) is 6.92 Å². The van der Waals surface area contributed by atoms with E-state index in [0.717, 1.165) is 45.9 Å². The number of anilines is 2. The molecule has 128 valence electrons. The lowest BCUT2D eigenvalue weighted by molar-refractivity contribution is 0.195. The first-order chi connectivity index (χ1) is 12.2. The minimum absolute atomic E-state index is 0.744. The molecule has 0 bridgehead atoms. The van der Waals surface area contributed by atoms with Gasteiger partial charge < -0.3 is 4.57 Å². The SMILES string of the molecule is CCc1nccn1Cc1ccc2c(c1)N(OC)c1nc(C)cnc1S2. The molecule has 0 unspecified atom stereocenters. The zero-order chi connectivity index (χ0) is 17.4. The van der Waals surface area contributed by atoms with E-state index in [1.54, 1.807) is 30.1 Å². The van der Waals surface area contributed by atoms with Crippen LogP contribution in [0.15, 0.2) is 46.7 Å². The lowest BCUT2D eigenvalue weighted by Crippen LogP contribution is -2.21. The van der Waals surface area contributed by atoms with Gasteiger partial charge in [0.15, 0.2) is 5.82 Å². The van der Waals surface area contributed by atoms with Gasteiger partial charge in [0, 0.05) is 36.5 Å². The number of hydrogen-bond donors (Lipinski definition) is 0. The van der Waals surface area contributed by atoms with E-state index in [-0.39, 0.29) is 0 Å². The Morgan fingerprint density at radius 3 is 2.92 bits per heavy atom. The van der Waals surface area contributed by atoms with Crippen LogP contribution < -0.4 is 5.06 Å². The van der Waals surface area contributed by atoms with Crippen molar-refractivity contribution in [1.82, 2.24) is 19.5 Å². The van der Waals surface area contributed by atoms with Crippen LogP contribution in [-0.2, 0) is 17.8 Å². The first-order valence-electron chi connectivity index (χ1n) is 8.18. The highest BCUT2D eigenvalue weighted by Gasteiger charge is 2.26. The summed E-state index contributed by atoms with van der Waals surface area (Å²) in [7, 11) is 1.66. The van der Waals surface area contributed by atoms with Gasteiger partial charge in [0.05, 0.1) is 18.5 Å². The van der Waals surface area contributed by atoms with Crippen LogP contribution in [0.25, 0.3) is 0 Å². The van der Waals surface area contributed by atoms with Gasteiger partial charge in [0.1, 0.15) is 10.9 Å². The Labute approximate surface area is 150 Å². The summed E-state index contributed by atoms with van der Waals surface area (Å²) in [5.74, 6) is 1.83. The molecule has 25 heavy (non-hydrogen) atoms. The van der Waals surface area contributed by atoms with Gasteiger partial charge >= 0.3 is 0 Å². The van der Waals surface area contributed by atoms with Gasteiger partial charge in [-0.3, -0.25) is 4.84 Å². The molecule has 0 fully saturated rings. The summed E-state index contributed by atoms with van der Waals surface area (Å²) >= 11 is 1.62. The molecule has 6 nitrogen and oxygen atoms in total. The van der Waals surface area contributed by atoms with E-state index in [1.807, 2.05) is 19.3 Å². The largest absolute Gasteiger partial charge is 0.331 e. The normalized spacial score (nSPS) is 12.8. The minimum Gasteiger partial charge on any atom is -0.331 e. The Morgan fingerprint density at radius 2 is 2.12 bits per heavy atom. The third kappa shape index (κ3) is 2.89. The zero-order valence-corrected chi connectivity index (χ0v) is 15.2. The maximum Gasteiger partial charge on any atom is 0.191 e. The molecule has 4 rings (SSSR count). The number of imidazole rings is 1. The lowest BCUT2D eigenvalue weighted by atomic mass is 10.2. The van der Waals surface area contributed by atoms with Crippen LogP contribution in [0.3, 0.4) is 0 Å². The van der Waals surface area contributed by atoms with Crippen LogP contribution in [0.2, 0.25) is 0 Å². The van der Waals surface area contributed by atoms with Crippen LogP contribution in [0.4, 0.5) is 11.5 Å².